The number of fused-ring (bicyclic) bond motifs is 1. The molecule has 0 radical (unpaired) electrons. The molecule has 0 atom stereocenters. The Morgan fingerprint density at radius 3 is 2.58 bits per heavy atom. The molecule has 0 aliphatic heterocycles. The normalized spacial score (nSPS) is 10.6. The molecule has 0 aliphatic rings. The molecular formula is C16H13NO2. The molecule has 0 bridgehead atoms. The van der Waals surface area contributed by atoms with Crippen molar-refractivity contribution in [1.82, 2.24) is 4.98 Å². The van der Waals surface area contributed by atoms with Crippen molar-refractivity contribution in [2.45, 2.75) is 0 Å². The predicted octanol–water partition coefficient (Wildman–Crippen LogP) is 3.62. The fourth-order valence-electron chi connectivity index (χ4n) is 2.30. The first kappa shape index (κ1) is 11.5. The summed E-state index contributed by atoms with van der Waals surface area (Å²) in [5, 5.41) is 1.10. The summed E-state index contributed by atoms with van der Waals surface area (Å²) >= 11 is 0. The third-order valence-corrected chi connectivity index (χ3v) is 3.21. The molecule has 3 nitrogen and oxygen atoms in total. The first-order valence-corrected chi connectivity index (χ1v) is 6.05. The second-order valence-corrected chi connectivity index (χ2v) is 4.29. The number of H-pyrrole nitrogens is 1. The van der Waals surface area contributed by atoms with Gasteiger partial charge in [0.1, 0.15) is 0 Å². The number of rotatable bonds is 2. The Hall–Kier alpha value is -2.55. The minimum Gasteiger partial charge on any atom is -0.465 e. The van der Waals surface area contributed by atoms with Crippen LogP contribution < -0.4 is 0 Å². The van der Waals surface area contributed by atoms with Crippen molar-refractivity contribution in [2.24, 2.45) is 0 Å². The van der Waals surface area contributed by atoms with Gasteiger partial charge in [-0.2, -0.15) is 0 Å². The number of methoxy groups -OCH3 is 1. The number of hydrogen-bond donors (Lipinski definition) is 1. The highest BCUT2D eigenvalue weighted by Gasteiger charge is 2.14. The van der Waals surface area contributed by atoms with E-state index < -0.39 is 0 Å². The van der Waals surface area contributed by atoms with Gasteiger partial charge in [0.05, 0.1) is 12.7 Å². The van der Waals surface area contributed by atoms with E-state index in [1.807, 2.05) is 48.7 Å². The Bertz CT molecular complexity index is 743. The van der Waals surface area contributed by atoms with Crippen LogP contribution in [0.1, 0.15) is 10.4 Å². The van der Waals surface area contributed by atoms with E-state index in [1.54, 1.807) is 6.07 Å². The number of aromatic amines is 1. The topological polar surface area (TPSA) is 42.1 Å². The number of nitrogens with one attached hydrogen (secondary N) is 1. The zero-order valence-electron chi connectivity index (χ0n) is 10.5. The molecule has 3 aromatic rings. The summed E-state index contributed by atoms with van der Waals surface area (Å²) in [5.41, 5.74) is 3.52. The maximum atomic E-state index is 11.8. The Morgan fingerprint density at radius 1 is 1.00 bits per heavy atom. The minimum absolute atomic E-state index is 0.319. The summed E-state index contributed by atoms with van der Waals surface area (Å²) in [4.78, 5) is 15.1. The SMILES string of the molecule is COC(=O)c1ccccc1-c1c[nH]c2ccccc12. The zero-order valence-corrected chi connectivity index (χ0v) is 10.5. The molecule has 0 spiro atoms. The van der Waals surface area contributed by atoms with Crippen molar-refractivity contribution in [2.75, 3.05) is 7.11 Å². The van der Waals surface area contributed by atoms with E-state index in [2.05, 4.69) is 4.98 Å². The standard InChI is InChI=1S/C16H13NO2/c1-19-16(18)13-8-3-2-6-11(13)14-10-17-15-9-5-4-7-12(14)15/h2-10,17H,1H3. The van der Waals surface area contributed by atoms with Crippen molar-refractivity contribution < 1.29 is 9.53 Å². The molecule has 1 heterocycles. The average molecular weight is 251 g/mol. The van der Waals surface area contributed by atoms with E-state index >= 15 is 0 Å². The van der Waals surface area contributed by atoms with Gasteiger partial charge in [-0.3, -0.25) is 0 Å². The third kappa shape index (κ3) is 1.89. The fraction of sp³-hybridized carbons (Fsp3) is 0.0625. The highest BCUT2D eigenvalue weighted by atomic mass is 16.5. The van der Waals surface area contributed by atoms with Gasteiger partial charge >= 0.3 is 5.97 Å². The van der Waals surface area contributed by atoms with E-state index in [9.17, 15) is 4.79 Å². The second kappa shape index (κ2) is 4.61. The number of esters is 1. The van der Waals surface area contributed by atoms with Gasteiger partial charge in [-0.05, 0) is 17.7 Å². The lowest BCUT2D eigenvalue weighted by molar-refractivity contribution is 0.0601. The van der Waals surface area contributed by atoms with E-state index in [0.717, 1.165) is 22.0 Å². The van der Waals surface area contributed by atoms with Crippen LogP contribution >= 0.6 is 0 Å². The minimum atomic E-state index is -0.319. The fourth-order valence-corrected chi connectivity index (χ4v) is 2.30. The van der Waals surface area contributed by atoms with Gasteiger partial charge in [0.25, 0.3) is 0 Å². The molecule has 19 heavy (non-hydrogen) atoms. The molecule has 1 aromatic heterocycles. The average Bonchev–Trinajstić information content (AvgIpc) is 2.90. The Labute approximate surface area is 110 Å². The van der Waals surface area contributed by atoms with Crippen LogP contribution in [0, 0.1) is 0 Å². The van der Waals surface area contributed by atoms with Crippen LogP contribution in [0.3, 0.4) is 0 Å². The number of hydrogen-bond acceptors (Lipinski definition) is 2. The van der Waals surface area contributed by atoms with Crippen molar-refractivity contribution in [3.05, 3.63) is 60.3 Å². The quantitative estimate of drug-likeness (QED) is 0.707. The van der Waals surface area contributed by atoms with E-state index in [4.69, 9.17) is 4.74 Å². The van der Waals surface area contributed by atoms with Crippen LogP contribution in [0.5, 0.6) is 0 Å². The lowest BCUT2D eigenvalue weighted by atomic mass is 9.99. The van der Waals surface area contributed by atoms with Crippen molar-refractivity contribution in [3.8, 4) is 11.1 Å². The van der Waals surface area contributed by atoms with E-state index in [0.29, 0.717) is 5.56 Å². The molecule has 3 rings (SSSR count). The van der Waals surface area contributed by atoms with Gasteiger partial charge in [-0.15, -0.1) is 0 Å². The highest BCUT2D eigenvalue weighted by molar-refractivity contribution is 6.03. The Balaban J connectivity index is 2.25. The maximum Gasteiger partial charge on any atom is 0.338 e. The van der Waals surface area contributed by atoms with Gasteiger partial charge in [-0.1, -0.05) is 36.4 Å². The van der Waals surface area contributed by atoms with Gasteiger partial charge in [0.2, 0.25) is 0 Å². The summed E-state index contributed by atoms with van der Waals surface area (Å²) < 4.78 is 4.84. The zero-order chi connectivity index (χ0) is 13.2. The van der Waals surface area contributed by atoms with Gasteiger partial charge in [-0.25, -0.2) is 4.79 Å². The van der Waals surface area contributed by atoms with Gasteiger partial charge in [0, 0.05) is 22.7 Å². The number of carbonyl (C=O) groups excluding carboxylic acids is 1. The van der Waals surface area contributed by atoms with Crippen LogP contribution in [0.15, 0.2) is 54.7 Å². The number of benzene rings is 2. The van der Waals surface area contributed by atoms with E-state index in [-0.39, 0.29) is 5.97 Å². The van der Waals surface area contributed by atoms with Crippen LogP contribution in [0.4, 0.5) is 0 Å². The molecule has 0 aliphatic carbocycles. The van der Waals surface area contributed by atoms with Crippen LogP contribution in [0.25, 0.3) is 22.0 Å². The predicted molar refractivity (Wildman–Crippen MR) is 75.1 cm³/mol. The lowest BCUT2D eigenvalue weighted by Crippen LogP contribution is -2.02. The van der Waals surface area contributed by atoms with Gasteiger partial charge < -0.3 is 9.72 Å². The molecule has 0 unspecified atom stereocenters. The Morgan fingerprint density at radius 2 is 1.74 bits per heavy atom. The number of para-hydroxylation sites is 1. The number of carbonyl (C=O) groups is 1. The molecule has 0 saturated carbocycles. The number of aromatic nitrogens is 1. The molecular weight excluding hydrogens is 238 g/mol. The lowest BCUT2D eigenvalue weighted by Gasteiger charge is -2.06. The van der Waals surface area contributed by atoms with E-state index in [1.165, 1.54) is 7.11 Å². The summed E-state index contributed by atoms with van der Waals surface area (Å²) in [7, 11) is 1.40. The largest absolute Gasteiger partial charge is 0.465 e. The molecule has 94 valence electrons. The highest BCUT2D eigenvalue weighted by Crippen LogP contribution is 2.31. The molecule has 0 fully saturated rings. The third-order valence-electron chi connectivity index (χ3n) is 3.21. The summed E-state index contributed by atoms with van der Waals surface area (Å²) in [5.74, 6) is -0.319. The molecule has 1 N–H and O–H groups in total. The smallest absolute Gasteiger partial charge is 0.338 e. The Kier molecular flexibility index (Phi) is 2.80. The summed E-state index contributed by atoms with van der Waals surface area (Å²) in [6.07, 6.45) is 1.92. The first-order valence-electron chi connectivity index (χ1n) is 6.05. The first-order chi connectivity index (χ1) is 9.31. The molecule has 3 heteroatoms. The van der Waals surface area contributed by atoms with Gasteiger partial charge in [0.15, 0.2) is 0 Å². The summed E-state index contributed by atoms with van der Waals surface area (Å²) in [6, 6.07) is 15.5. The van der Waals surface area contributed by atoms with Crippen molar-refractivity contribution in [3.63, 3.8) is 0 Å². The van der Waals surface area contributed by atoms with Crippen LogP contribution in [-0.4, -0.2) is 18.1 Å². The van der Waals surface area contributed by atoms with Crippen LogP contribution in [0.2, 0.25) is 0 Å². The molecule has 0 saturated heterocycles. The second-order valence-electron chi connectivity index (χ2n) is 4.29. The molecule has 0 amide bonds. The summed E-state index contributed by atoms with van der Waals surface area (Å²) in [6.45, 7) is 0. The monoisotopic (exact) mass is 251 g/mol. The molecule has 2 aromatic carbocycles. The van der Waals surface area contributed by atoms with Crippen LogP contribution in [-0.2, 0) is 4.74 Å². The number of ether oxygens (including phenoxy) is 1. The maximum absolute atomic E-state index is 11.8. The van der Waals surface area contributed by atoms with Crippen molar-refractivity contribution >= 4 is 16.9 Å². The van der Waals surface area contributed by atoms with Crippen molar-refractivity contribution in [1.29, 1.82) is 0 Å².